The molecule has 0 amide bonds. The molecule has 6 nitrogen and oxygen atoms in total. The summed E-state index contributed by atoms with van der Waals surface area (Å²) >= 11 is 0. The Labute approximate surface area is 164 Å². The van der Waals surface area contributed by atoms with Gasteiger partial charge in [0.25, 0.3) is 0 Å². The van der Waals surface area contributed by atoms with Gasteiger partial charge in [-0.25, -0.2) is 4.68 Å². The van der Waals surface area contributed by atoms with E-state index in [9.17, 15) is 9.59 Å². The number of rotatable bonds is 4. The molecule has 5 rings (SSSR count). The molecule has 28 heavy (non-hydrogen) atoms. The standard InChI is InChI=1S/C22H28N4O2/c27-21-22(28)26(13-17-6-2-1-3-7-17)23-20-19-15-24(12-16-8-4-5-9-16)11-10-18(19)14-25(20)21/h1-3,6-7,16,18-19H,4-5,8-15H2/t18-,19+/m1/s1. The lowest BCUT2D eigenvalue weighted by molar-refractivity contribution is 0.144. The molecule has 1 saturated heterocycles. The number of nitrogens with zero attached hydrogens (tertiary/aromatic N) is 4. The van der Waals surface area contributed by atoms with Crippen molar-refractivity contribution in [3.8, 4) is 0 Å². The molecular formula is C22H28N4O2. The van der Waals surface area contributed by atoms with Crippen molar-refractivity contribution < 1.29 is 0 Å². The van der Waals surface area contributed by atoms with E-state index in [4.69, 9.17) is 5.10 Å². The van der Waals surface area contributed by atoms with E-state index in [0.717, 1.165) is 36.8 Å². The Bertz CT molecular complexity index is 959. The fraction of sp³-hybridized carbons (Fsp3) is 0.591. The predicted molar refractivity (Wildman–Crippen MR) is 108 cm³/mol. The maximum absolute atomic E-state index is 12.8. The Morgan fingerprint density at radius 1 is 0.964 bits per heavy atom. The maximum atomic E-state index is 12.8. The fourth-order valence-corrected chi connectivity index (χ4v) is 5.40. The summed E-state index contributed by atoms with van der Waals surface area (Å²) in [6.07, 6.45) is 6.55. The Hall–Kier alpha value is -2.21. The molecule has 1 aromatic carbocycles. The van der Waals surface area contributed by atoms with E-state index in [2.05, 4.69) is 4.90 Å². The third-order valence-electron chi connectivity index (χ3n) is 6.92. The highest BCUT2D eigenvalue weighted by Crippen LogP contribution is 2.38. The predicted octanol–water partition coefficient (Wildman–Crippen LogP) is 2.06. The Morgan fingerprint density at radius 3 is 2.54 bits per heavy atom. The molecule has 0 unspecified atom stereocenters. The minimum atomic E-state index is -0.505. The van der Waals surface area contributed by atoms with Gasteiger partial charge < -0.3 is 4.90 Å². The van der Waals surface area contributed by atoms with E-state index in [-0.39, 0.29) is 5.92 Å². The van der Waals surface area contributed by atoms with Gasteiger partial charge in [-0.1, -0.05) is 43.2 Å². The van der Waals surface area contributed by atoms with E-state index in [1.165, 1.54) is 36.9 Å². The van der Waals surface area contributed by atoms with Crippen LogP contribution in [-0.4, -0.2) is 38.9 Å². The van der Waals surface area contributed by atoms with E-state index in [1.54, 1.807) is 4.57 Å². The lowest BCUT2D eigenvalue weighted by Gasteiger charge is -2.35. The summed E-state index contributed by atoms with van der Waals surface area (Å²) in [4.78, 5) is 27.9. The topological polar surface area (TPSA) is 60.1 Å². The molecule has 1 saturated carbocycles. The second-order valence-electron chi connectivity index (χ2n) is 8.79. The van der Waals surface area contributed by atoms with Crippen LogP contribution >= 0.6 is 0 Å². The molecule has 1 aliphatic carbocycles. The Balaban J connectivity index is 1.42. The molecule has 0 N–H and O–H groups in total. The van der Waals surface area contributed by atoms with Crippen molar-refractivity contribution in [2.75, 3.05) is 19.6 Å². The molecule has 3 aliphatic rings. The maximum Gasteiger partial charge on any atom is 0.332 e. The molecule has 1 aromatic heterocycles. The molecule has 2 aromatic rings. The summed E-state index contributed by atoms with van der Waals surface area (Å²) in [5, 5.41) is 4.70. The summed E-state index contributed by atoms with van der Waals surface area (Å²) in [6, 6.07) is 9.76. The van der Waals surface area contributed by atoms with Gasteiger partial charge in [-0.15, -0.1) is 0 Å². The number of fused-ring (bicyclic) bond motifs is 3. The molecule has 2 fully saturated rings. The Morgan fingerprint density at radius 2 is 1.75 bits per heavy atom. The normalized spacial score (nSPS) is 25.0. The SMILES string of the molecule is O=c1c(=O)n2c(nn1Cc1ccccc1)[C@H]1CN(CC3CCCC3)CC[C@@H]1C2. The van der Waals surface area contributed by atoms with Crippen molar-refractivity contribution in [3.63, 3.8) is 0 Å². The van der Waals surface area contributed by atoms with Crippen molar-refractivity contribution in [1.29, 1.82) is 0 Å². The van der Waals surface area contributed by atoms with Crippen LogP contribution in [-0.2, 0) is 13.1 Å². The number of benzene rings is 1. The number of piperidine rings is 1. The minimum absolute atomic E-state index is 0.269. The van der Waals surface area contributed by atoms with E-state index >= 15 is 0 Å². The van der Waals surface area contributed by atoms with Crippen LogP contribution in [0.3, 0.4) is 0 Å². The number of likely N-dealkylation sites (tertiary alicyclic amines) is 1. The molecule has 6 heteroatoms. The second-order valence-corrected chi connectivity index (χ2v) is 8.79. The molecule has 2 atom stereocenters. The van der Waals surface area contributed by atoms with E-state index in [0.29, 0.717) is 19.0 Å². The zero-order valence-electron chi connectivity index (χ0n) is 16.3. The third-order valence-corrected chi connectivity index (χ3v) is 6.92. The van der Waals surface area contributed by atoms with Gasteiger partial charge in [-0.3, -0.25) is 14.2 Å². The first-order valence-corrected chi connectivity index (χ1v) is 10.7. The third kappa shape index (κ3) is 3.24. The number of aromatic nitrogens is 3. The lowest BCUT2D eigenvalue weighted by atomic mass is 9.87. The van der Waals surface area contributed by atoms with Gasteiger partial charge in [-0.05, 0) is 43.2 Å². The van der Waals surface area contributed by atoms with Crippen LogP contribution in [0.5, 0.6) is 0 Å². The van der Waals surface area contributed by atoms with Crippen molar-refractivity contribution in [2.45, 2.75) is 51.1 Å². The van der Waals surface area contributed by atoms with Crippen LogP contribution in [0.4, 0.5) is 0 Å². The van der Waals surface area contributed by atoms with Gasteiger partial charge in [0, 0.05) is 25.6 Å². The molecule has 3 heterocycles. The molecule has 0 spiro atoms. The average molecular weight is 380 g/mol. The van der Waals surface area contributed by atoms with Crippen molar-refractivity contribution >= 4 is 0 Å². The first kappa shape index (κ1) is 17.9. The van der Waals surface area contributed by atoms with Gasteiger partial charge in [0.2, 0.25) is 0 Å². The number of hydrogen-bond donors (Lipinski definition) is 0. The van der Waals surface area contributed by atoms with Gasteiger partial charge in [-0.2, -0.15) is 5.10 Å². The fourth-order valence-electron chi connectivity index (χ4n) is 5.40. The second kappa shape index (κ2) is 7.32. The van der Waals surface area contributed by atoms with Crippen molar-refractivity contribution in [1.82, 2.24) is 19.2 Å². The summed E-state index contributed by atoms with van der Waals surface area (Å²) in [5.41, 5.74) is 0.0780. The molecular weight excluding hydrogens is 352 g/mol. The lowest BCUT2D eigenvalue weighted by Crippen LogP contribution is -2.44. The summed E-state index contributed by atoms with van der Waals surface area (Å²) in [7, 11) is 0. The summed E-state index contributed by atoms with van der Waals surface area (Å²) < 4.78 is 3.04. The monoisotopic (exact) mass is 380 g/mol. The first-order valence-electron chi connectivity index (χ1n) is 10.7. The van der Waals surface area contributed by atoms with Crippen LogP contribution in [0.25, 0.3) is 0 Å². The average Bonchev–Trinajstić information content (AvgIpc) is 3.35. The van der Waals surface area contributed by atoms with Gasteiger partial charge in [0.05, 0.1) is 6.54 Å². The van der Waals surface area contributed by atoms with Gasteiger partial charge in [0.1, 0.15) is 5.82 Å². The van der Waals surface area contributed by atoms with Crippen LogP contribution in [0.2, 0.25) is 0 Å². The Kier molecular flexibility index (Phi) is 4.67. The van der Waals surface area contributed by atoms with Gasteiger partial charge in [0.15, 0.2) is 0 Å². The highest BCUT2D eigenvalue weighted by atomic mass is 16.2. The summed E-state index contributed by atoms with van der Waals surface area (Å²) in [6.45, 7) is 4.26. The van der Waals surface area contributed by atoms with Crippen LogP contribution in [0.1, 0.15) is 49.4 Å². The quantitative estimate of drug-likeness (QED) is 0.762. The van der Waals surface area contributed by atoms with Crippen LogP contribution < -0.4 is 11.1 Å². The smallest absolute Gasteiger partial charge is 0.302 e. The van der Waals surface area contributed by atoms with Crippen LogP contribution in [0, 0.1) is 11.8 Å². The zero-order chi connectivity index (χ0) is 19.1. The van der Waals surface area contributed by atoms with E-state index < -0.39 is 11.1 Å². The molecule has 148 valence electrons. The van der Waals surface area contributed by atoms with Gasteiger partial charge >= 0.3 is 11.1 Å². The highest BCUT2D eigenvalue weighted by Gasteiger charge is 2.40. The first-order chi connectivity index (χ1) is 13.7. The molecule has 2 aliphatic heterocycles. The molecule has 0 bridgehead atoms. The van der Waals surface area contributed by atoms with E-state index in [1.807, 2.05) is 30.3 Å². The zero-order valence-corrected chi connectivity index (χ0v) is 16.3. The minimum Gasteiger partial charge on any atom is -0.302 e. The summed E-state index contributed by atoms with van der Waals surface area (Å²) in [5.74, 6) is 2.36. The van der Waals surface area contributed by atoms with Crippen molar-refractivity contribution in [2.24, 2.45) is 11.8 Å². The largest absolute Gasteiger partial charge is 0.332 e. The highest BCUT2D eigenvalue weighted by molar-refractivity contribution is 5.15. The van der Waals surface area contributed by atoms with Crippen molar-refractivity contribution in [3.05, 3.63) is 62.4 Å². The molecule has 0 radical (unpaired) electrons. The van der Waals surface area contributed by atoms with Crippen LogP contribution in [0.15, 0.2) is 39.9 Å². The number of hydrogen-bond acceptors (Lipinski definition) is 4.